The van der Waals surface area contributed by atoms with E-state index < -0.39 is 11.0 Å². The number of nitrogens with zero attached hydrogens (tertiary/aromatic N) is 3. The van der Waals surface area contributed by atoms with E-state index in [1.807, 2.05) is 6.92 Å². The Bertz CT molecular complexity index is 677. The second-order valence-electron chi connectivity index (χ2n) is 6.22. The molecule has 0 aliphatic carbocycles. The second-order valence-corrected chi connectivity index (χ2v) is 6.22. The summed E-state index contributed by atoms with van der Waals surface area (Å²) in [6.07, 6.45) is 0.734. The molecule has 1 N–H and O–H groups in total. The van der Waals surface area contributed by atoms with Gasteiger partial charge in [-0.15, -0.1) is 0 Å². The van der Waals surface area contributed by atoms with Crippen molar-refractivity contribution in [2.75, 3.05) is 26.2 Å². The van der Waals surface area contributed by atoms with E-state index in [4.69, 9.17) is 0 Å². The van der Waals surface area contributed by atoms with Gasteiger partial charge in [-0.1, -0.05) is 12.1 Å². The zero-order valence-electron chi connectivity index (χ0n) is 14.8. The first kappa shape index (κ1) is 18.7. The third-order valence-electron chi connectivity index (χ3n) is 4.47. The van der Waals surface area contributed by atoms with Crippen molar-refractivity contribution in [2.45, 2.75) is 33.2 Å². The van der Waals surface area contributed by atoms with E-state index in [-0.39, 0.29) is 24.2 Å². The minimum atomic E-state index is -0.430. The maximum atomic E-state index is 12.5. The maximum absolute atomic E-state index is 12.5. The van der Waals surface area contributed by atoms with Gasteiger partial charge in [0, 0.05) is 31.3 Å². The van der Waals surface area contributed by atoms with Gasteiger partial charge in [-0.05, 0) is 32.8 Å². The quantitative estimate of drug-likeness (QED) is 0.666. The number of hydrogen-bond acceptors (Lipinski definition) is 4. The van der Waals surface area contributed by atoms with Gasteiger partial charge in [0.15, 0.2) is 0 Å². The molecule has 0 radical (unpaired) electrons. The van der Waals surface area contributed by atoms with E-state index in [1.54, 1.807) is 30.9 Å². The first-order valence-corrected chi connectivity index (χ1v) is 8.41. The SMILES string of the molecule is CCN1CCCN(C(=O)NC(C)c2ccc(C)c([N+](=O)[O-])c2)CC1=O. The van der Waals surface area contributed by atoms with Crippen LogP contribution in [0, 0.1) is 17.0 Å². The van der Waals surface area contributed by atoms with Crippen LogP contribution >= 0.6 is 0 Å². The normalized spacial score (nSPS) is 16.4. The van der Waals surface area contributed by atoms with E-state index >= 15 is 0 Å². The fourth-order valence-corrected chi connectivity index (χ4v) is 2.88. The molecule has 3 amide bonds. The fourth-order valence-electron chi connectivity index (χ4n) is 2.88. The molecule has 1 aliphatic heterocycles. The van der Waals surface area contributed by atoms with E-state index in [0.717, 1.165) is 6.42 Å². The molecule has 2 rings (SSSR count). The van der Waals surface area contributed by atoms with Crippen LogP contribution in [0.4, 0.5) is 10.5 Å². The molecule has 0 bridgehead atoms. The Balaban J connectivity index is 2.06. The number of nitro benzene ring substituents is 1. The number of hydrogen-bond donors (Lipinski definition) is 1. The highest BCUT2D eigenvalue weighted by atomic mass is 16.6. The number of nitrogens with one attached hydrogen (secondary N) is 1. The first-order chi connectivity index (χ1) is 11.8. The lowest BCUT2D eigenvalue weighted by Gasteiger charge is -2.23. The van der Waals surface area contributed by atoms with E-state index in [1.165, 1.54) is 11.0 Å². The fraction of sp³-hybridized carbons (Fsp3) is 0.529. The van der Waals surface area contributed by atoms with Crippen LogP contribution in [-0.2, 0) is 4.79 Å². The molecule has 25 heavy (non-hydrogen) atoms. The maximum Gasteiger partial charge on any atom is 0.318 e. The van der Waals surface area contributed by atoms with Crippen molar-refractivity contribution < 1.29 is 14.5 Å². The van der Waals surface area contributed by atoms with E-state index in [0.29, 0.717) is 30.8 Å². The number of urea groups is 1. The number of nitro groups is 1. The monoisotopic (exact) mass is 348 g/mol. The number of carbonyl (C=O) groups excluding carboxylic acids is 2. The first-order valence-electron chi connectivity index (χ1n) is 8.41. The summed E-state index contributed by atoms with van der Waals surface area (Å²) < 4.78 is 0. The third kappa shape index (κ3) is 4.46. The van der Waals surface area contributed by atoms with Gasteiger partial charge >= 0.3 is 6.03 Å². The smallest absolute Gasteiger partial charge is 0.318 e. The van der Waals surface area contributed by atoms with E-state index in [9.17, 15) is 19.7 Å². The van der Waals surface area contributed by atoms with Gasteiger partial charge in [0.25, 0.3) is 5.69 Å². The van der Waals surface area contributed by atoms with Crippen LogP contribution in [0.2, 0.25) is 0 Å². The van der Waals surface area contributed by atoms with Crippen molar-refractivity contribution in [3.8, 4) is 0 Å². The summed E-state index contributed by atoms with van der Waals surface area (Å²) in [5.74, 6) is -0.0613. The number of carbonyl (C=O) groups is 2. The number of benzene rings is 1. The number of amides is 3. The van der Waals surface area contributed by atoms with Crippen LogP contribution in [0.1, 0.15) is 37.4 Å². The van der Waals surface area contributed by atoms with Crippen LogP contribution in [0.3, 0.4) is 0 Å². The summed E-state index contributed by atoms with van der Waals surface area (Å²) in [5.41, 5.74) is 1.26. The standard InChI is InChI=1S/C17H24N4O4/c1-4-19-8-5-9-20(11-16(19)22)17(23)18-13(3)14-7-6-12(2)15(10-14)21(24)25/h6-7,10,13H,4-5,8-9,11H2,1-3H3,(H,18,23). The molecule has 0 saturated carbocycles. The van der Waals surface area contributed by atoms with Crippen LogP contribution in [0.25, 0.3) is 0 Å². The summed E-state index contributed by atoms with van der Waals surface area (Å²) in [6, 6.07) is 4.19. The highest BCUT2D eigenvalue weighted by molar-refractivity contribution is 5.84. The average molecular weight is 348 g/mol. The zero-order chi connectivity index (χ0) is 18.6. The van der Waals surface area contributed by atoms with Crippen LogP contribution in [0.15, 0.2) is 18.2 Å². The molecule has 1 aromatic rings. The largest absolute Gasteiger partial charge is 0.341 e. The molecular formula is C17H24N4O4. The molecule has 0 spiro atoms. The van der Waals surface area contributed by atoms with Gasteiger partial charge < -0.3 is 15.1 Å². The Hall–Kier alpha value is -2.64. The van der Waals surface area contributed by atoms with Crippen molar-refractivity contribution in [3.05, 3.63) is 39.4 Å². The van der Waals surface area contributed by atoms with Crippen molar-refractivity contribution in [3.63, 3.8) is 0 Å². The summed E-state index contributed by atoms with van der Waals surface area (Å²) in [5, 5.41) is 13.9. The van der Waals surface area contributed by atoms with Crippen molar-refractivity contribution in [2.24, 2.45) is 0 Å². The highest BCUT2D eigenvalue weighted by Crippen LogP contribution is 2.23. The Kier molecular flexibility index (Phi) is 5.95. The summed E-state index contributed by atoms with van der Waals surface area (Å²) in [4.78, 5) is 38.4. The minimum absolute atomic E-state index is 0.0298. The molecule has 1 heterocycles. The Morgan fingerprint density at radius 1 is 1.40 bits per heavy atom. The molecule has 1 aromatic carbocycles. The molecule has 1 unspecified atom stereocenters. The molecule has 1 saturated heterocycles. The topological polar surface area (TPSA) is 95.8 Å². The van der Waals surface area contributed by atoms with Gasteiger partial charge in [0.2, 0.25) is 5.91 Å². The van der Waals surface area contributed by atoms with Gasteiger partial charge in [-0.25, -0.2) is 4.79 Å². The summed E-state index contributed by atoms with van der Waals surface area (Å²) >= 11 is 0. The lowest BCUT2D eigenvalue weighted by Crippen LogP contribution is -2.44. The Labute approximate surface area is 146 Å². The third-order valence-corrected chi connectivity index (χ3v) is 4.47. The molecule has 1 fully saturated rings. The number of likely N-dealkylation sites (N-methyl/N-ethyl adjacent to an activating group) is 1. The Morgan fingerprint density at radius 3 is 2.76 bits per heavy atom. The molecule has 0 aromatic heterocycles. The summed E-state index contributed by atoms with van der Waals surface area (Å²) in [6.45, 7) is 7.21. The van der Waals surface area contributed by atoms with Crippen LogP contribution < -0.4 is 5.32 Å². The number of aryl methyl sites for hydroxylation is 1. The molecule has 8 heteroatoms. The van der Waals surface area contributed by atoms with Crippen LogP contribution in [0.5, 0.6) is 0 Å². The number of rotatable bonds is 4. The van der Waals surface area contributed by atoms with Crippen molar-refractivity contribution in [1.29, 1.82) is 0 Å². The van der Waals surface area contributed by atoms with Crippen LogP contribution in [-0.4, -0.2) is 52.8 Å². The zero-order valence-corrected chi connectivity index (χ0v) is 14.8. The van der Waals surface area contributed by atoms with Crippen molar-refractivity contribution in [1.82, 2.24) is 15.1 Å². The van der Waals surface area contributed by atoms with Gasteiger partial charge in [-0.3, -0.25) is 14.9 Å². The molecule has 1 aliphatic rings. The highest BCUT2D eigenvalue weighted by Gasteiger charge is 2.25. The molecule has 8 nitrogen and oxygen atoms in total. The van der Waals surface area contributed by atoms with Gasteiger partial charge in [0.1, 0.15) is 6.54 Å². The molecular weight excluding hydrogens is 324 g/mol. The molecule has 136 valence electrons. The van der Waals surface area contributed by atoms with Crippen molar-refractivity contribution >= 4 is 17.6 Å². The van der Waals surface area contributed by atoms with Gasteiger partial charge in [0.05, 0.1) is 11.0 Å². The Morgan fingerprint density at radius 2 is 2.12 bits per heavy atom. The lowest BCUT2D eigenvalue weighted by molar-refractivity contribution is -0.385. The minimum Gasteiger partial charge on any atom is -0.341 e. The van der Waals surface area contributed by atoms with Gasteiger partial charge in [-0.2, -0.15) is 0 Å². The second kappa shape index (κ2) is 7.96. The average Bonchev–Trinajstić information content (AvgIpc) is 2.76. The summed E-state index contributed by atoms with van der Waals surface area (Å²) in [7, 11) is 0. The predicted molar refractivity (Wildman–Crippen MR) is 93.2 cm³/mol. The predicted octanol–water partition coefficient (Wildman–Crippen LogP) is 2.23. The molecule has 1 atom stereocenters. The van der Waals surface area contributed by atoms with E-state index in [2.05, 4.69) is 5.32 Å². The lowest BCUT2D eigenvalue weighted by atomic mass is 10.0.